The summed E-state index contributed by atoms with van der Waals surface area (Å²) in [5.41, 5.74) is -5.42. The Hall–Kier alpha value is -1.05. The number of carbonyl (C=O) groups is 1. The Morgan fingerprint density at radius 1 is 1.24 bits per heavy atom. The van der Waals surface area contributed by atoms with Crippen molar-refractivity contribution >= 4 is 15.9 Å². The molecule has 0 aromatic heterocycles. The molecule has 0 aromatic rings. The van der Waals surface area contributed by atoms with E-state index in [9.17, 15) is 26.4 Å². The summed E-state index contributed by atoms with van der Waals surface area (Å²) in [5.74, 6) is -0.444. The predicted octanol–water partition coefficient (Wildman–Crippen LogP) is 1.74. The lowest BCUT2D eigenvalue weighted by molar-refractivity contribution is -0.117. The number of fused-ring (bicyclic) bond motifs is 1. The van der Waals surface area contributed by atoms with Crippen LogP contribution in [0.1, 0.15) is 19.3 Å². The second-order valence-corrected chi connectivity index (χ2v) is 5.73. The van der Waals surface area contributed by atoms with Gasteiger partial charge in [0, 0.05) is 19.3 Å². The fourth-order valence-electron chi connectivity index (χ4n) is 2.19. The van der Waals surface area contributed by atoms with E-state index in [1.807, 2.05) is 0 Å². The van der Waals surface area contributed by atoms with Gasteiger partial charge in [-0.1, -0.05) is 0 Å². The van der Waals surface area contributed by atoms with Crippen molar-refractivity contribution in [3.8, 4) is 0 Å². The van der Waals surface area contributed by atoms with Crippen molar-refractivity contribution in [2.45, 2.75) is 24.8 Å². The van der Waals surface area contributed by atoms with Gasteiger partial charge in [0.25, 0.3) is 0 Å². The van der Waals surface area contributed by atoms with Gasteiger partial charge in [-0.15, -0.1) is 0 Å². The summed E-state index contributed by atoms with van der Waals surface area (Å²) in [6.07, 6.45) is 1.92. The van der Waals surface area contributed by atoms with Crippen LogP contribution in [0.15, 0.2) is 11.8 Å². The summed E-state index contributed by atoms with van der Waals surface area (Å²) < 4.78 is 61.6. The molecule has 8 heteroatoms. The topological polar surface area (TPSA) is 60.4 Å². The zero-order valence-electron chi connectivity index (χ0n) is 8.53. The highest BCUT2D eigenvalue weighted by Crippen LogP contribution is 2.42. The fraction of sp³-hybridized carbons (Fsp3) is 0.667. The van der Waals surface area contributed by atoms with Crippen LogP contribution in [0.3, 0.4) is 0 Å². The molecule has 2 atom stereocenters. The molecule has 2 rings (SSSR count). The molecular formula is C9H9F3O4S. The van der Waals surface area contributed by atoms with Crippen LogP contribution >= 0.6 is 0 Å². The van der Waals surface area contributed by atoms with Crippen molar-refractivity contribution in [3.05, 3.63) is 11.8 Å². The molecule has 17 heavy (non-hydrogen) atoms. The molecule has 96 valence electrons. The van der Waals surface area contributed by atoms with Crippen LogP contribution in [0, 0.1) is 11.8 Å². The number of Topliss-reactive ketones (excluding diaryl/α,β-unsaturated/α-hetero) is 1. The van der Waals surface area contributed by atoms with Gasteiger partial charge in [-0.25, -0.2) is 0 Å². The molecule has 0 unspecified atom stereocenters. The lowest BCUT2D eigenvalue weighted by atomic mass is 10.0. The van der Waals surface area contributed by atoms with E-state index >= 15 is 0 Å². The highest BCUT2D eigenvalue weighted by atomic mass is 32.2. The Morgan fingerprint density at radius 2 is 1.88 bits per heavy atom. The van der Waals surface area contributed by atoms with Crippen molar-refractivity contribution in [1.29, 1.82) is 0 Å². The smallest absolute Gasteiger partial charge is 0.381 e. The van der Waals surface area contributed by atoms with Gasteiger partial charge in [0.1, 0.15) is 11.5 Å². The minimum atomic E-state index is -5.58. The van der Waals surface area contributed by atoms with Crippen molar-refractivity contribution < 1.29 is 30.6 Å². The predicted molar refractivity (Wildman–Crippen MR) is 50.0 cm³/mol. The molecule has 0 bridgehead atoms. The Kier molecular flexibility index (Phi) is 2.72. The minimum Gasteiger partial charge on any atom is -0.381 e. The summed E-state index contributed by atoms with van der Waals surface area (Å²) in [6, 6.07) is 0. The third-order valence-electron chi connectivity index (χ3n) is 2.92. The van der Waals surface area contributed by atoms with Crippen LogP contribution < -0.4 is 0 Å². The first-order valence-electron chi connectivity index (χ1n) is 4.92. The number of allylic oxidation sites excluding steroid dienone is 2. The van der Waals surface area contributed by atoms with Crippen molar-refractivity contribution in [2.75, 3.05) is 0 Å². The maximum absolute atomic E-state index is 12.0. The second kappa shape index (κ2) is 3.72. The van der Waals surface area contributed by atoms with E-state index < -0.39 is 15.6 Å². The van der Waals surface area contributed by atoms with Gasteiger partial charge in [-0.3, -0.25) is 4.79 Å². The normalized spacial score (nSPS) is 29.1. The Morgan fingerprint density at radius 3 is 2.41 bits per heavy atom. The van der Waals surface area contributed by atoms with Crippen LogP contribution in [-0.4, -0.2) is 19.7 Å². The second-order valence-electron chi connectivity index (χ2n) is 4.19. The van der Waals surface area contributed by atoms with Gasteiger partial charge in [-0.2, -0.15) is 21.6 Å². The summed E-state index contributed by atoms with van der Waals surface area (Å²) >= 11 is 0. The number of alkyl halides is 3. The zero-order chi connectivity index (χ0) is 12.8. The summed E-state index contributed by atoms with van der Waals surface area (Å²) in [4.78, 5) is 11.0. The molecule has 2 aliphatic rings. The van der Waals surface area contributed by atoms with Crippen LogP contribution in [0.5, 0.6) is 0 Å². The molecule has 0 amide bonds. The molecular weight excluding hydrogens is 261 g/mol. The van der Waals surface area contributed by atoms with E-state index in [-0.39, 0.29) is 42.6 Å². The van der Waals surface area contributed by atoms with E-state index in [2.05, 4.69) is 4.18 Å². The Balaban J connectivity index is 2.09. The molecule has 0 saturated heterocycles. The molecule has 0 aromatic carbocycles. The molecule has 4 nitrogen and oxygen atoms in total. The largest absolute Gasteiger partial charge is 0.534 e. The van der Waals surface area contributed by atoms with Crippen molar-refractivity contribution in [1.82, 2.24) is 0 Å². The maximum Gasteiger partial charge on any atom is 0.534 e. The van der Waals surface area contributed by atoms with E-state index in [1.54, 1.807) is 0 Å². The van der Waals surface area contributed by atoms with E-state index in [0.717, 1.165) is 0 Å². The van der Waals surface area contributed by atoms with Crippen molar-refractivity contribution in [2.24, 2.45) is 11.8 Å². The van der Waals surface area contributed by atoms with Gasteiger partial charge < -0.3 is 4.18 Å². The average Bonchev–Trinajstić information content (AvgIpc) is 2.57. The van der Waals surface area contributed by atoms with Gasteiger partial charge in [-0.05, 0) is 17.9 Å². The zero-order valence-corrected chi connectivity index (χ0v) is 9.35. The third-order valence-corrected chi connectivity index (χ3v) is 3.92. The SMILES string of the molecule is O=C1C[C@H]2CC(OS(=O)(=O)C(F)(F)F)=C[C@H]2C1. The number of hydrogen-bond donors (Lipinski definition) is 0. The van der Waals surface area contributed by atoms with Crippen molar-refractivity contribution in [3.63, 3.8) is 0 Å². The first-order chi connectivity index (χ1) is 7.69. The number of ketones is 1. The van der Waals surface area contributed by atoms with Gasteiger partial charge >= 0.3 is 15.6 Å². The number of hydrogen-bond acceptors (Lipinski definition) is 4. The fourth-order valence-corrected chi connectivity index (χ4v) is 2.69. The van der Waals surface area contributed by atoms with Gasteiger partial charge in [0.15, 0.2) is 0 Å². The quantitative estimate of drug-likeness (QED) is 0.566. The monoisotopic (exact) mass is 270 g/mol. The number of halogens is 3. The molecule has 0 heterocycles. The van der Waals surface area contributed by atoms with Crippen LogP contribution in [0.2, 0.25) is 0 Å². The van der Waals surface area contributed by atoms with Gasteiger partial charge in [0.05, 0.1) is 0 Å². The molecule has 2 aliphatic carbocycles. The number of rotatable bonds is 2. The summed E-state index contributed by atoms with van der Waals surface area (Å²) in [7, 11) is -5.58. The first kappa shape index (κ1) is 12.4. The van der Waals surface area contributed by atoms with E-state index in [1.165, 1.54) is 6.08 Å². The molecule has 0 aliphatic heterocycles. The Bertz CT molecular complexity index is 477. The van der Waals surface area contributed by atoms with E-state index in [4.69, 9.17) is 0 Å². The maximum atomic E-state index is 12.0. The lowest BCUT2D eigenvalue weighted by Crippen LogP contribution is -2.25. The first-order valence-corrected chi connectivity index (χ1v) is 6.33. The molecule has 0 radical (unpaired) electrons. The summed E-state index contributed by atoms with van der Waals surface area (Å²) in [5, 5.41) is 0. The van der Waals surface area contributed by atoms with E-state index in [0.29, 0.717) is 0 Å². The highest BCUT2D eigenvalue weighted by Gasteiger charge is 2.50. The third kappa shape index (κ3) is 2.31. The van der Waals surface area contributed by atoms with Crippen LogP contribution in [0.25, 0.3) is 0 Å². The molecule has 0 spiro atoms. The van der Waals surface area contributed by atoms with Crippen LogP contribution in [-0.2, 0) is 19.1 Å². The highest BCUT2D eigenvalue weighted by molar-refractivity contribution is 7.87. The molecule has 1 fully saturated rings. The standard InChI is InChI=1S/C9H9F3O4S/c10-9(11,12)17(14,15)16-8-3-5-1-7(13)2-6(5)4-8/h3,5-6H,1-2,4H2/t5-,6+/m1/s1. The Labute approximate surface area is 95.6 Å². The van der Waals surface area contributed by atoms with Crippen LogP contribution in [0.4, 0.5) is 13.2 Å². The molecule has 1 saturated carbocycles. The summed E-state index contributed by atoms with van der Waals surface area (Å²) in [6.45, 7) is 0. The minimum absolute atomic E-state index is 0.0500. The lowest BCUT2D eigenvalue weighted by Gasteiger charge is -2.10. The molecule has 0 N–H and O–H groups in total. The van der Waals surface area contributed by atoms with Gasteiger partial charge in [0.2, 0.25) is 0 Å². The number of carbonyl (C=O) groups excluding carboxylic acids is 1. The average molecular weight is 270 g/mol.